The molecule has 0 radical (unpaired) electrons. The Hall–Kier alpha value is -1.31. The molecule has 1 heterocycles. The van der Waals surface area contributed by atoms with Crippen LogP contribution in [-0.4, -0.2) is 23.9 Å². The number of rotatable bonds is 3. The molecule has 1 aromatic carbocycles. The van der Waals surface area contributed by atoms with E-state index in [4.69, 9.17) is 0 Å². The van der Waals surface area contributed by atoms with Crippen molar-refractivity contribution in [3.05, 3.63) is 35.9 Å². The highest BCUT2D eigenvalue weighted by molar-refractivity contribution is 5.83. The number of hydrogen-bond acceptors (Lipinski definition) is 1. The quantitative estimate of drug-likeness (QED) is 0.815. The van der Waals surface area contributed by atoms with Crippen LogP contribution in [0.2, 0.25) is 0 Å². The second kappa shape index (κ2) is 6.64. The van der Waals surface area contributed by atoms with Gasteiger partial charge in [-0.2, -0.15) is 0 Å². The molecule has 1 saturated heterocycles. The van der Waals surface area contributed by atoms with E-state index in [0.717, 1.165) is 38.8 Å². The first-order valence-electron chi connectivity index (χ1n) is 8.64. The third-order valence-electron chi connectivity index (χ3n) is 5.40. The van der Waals surface area contributed by atoms with E-state index in [-0.39, 0.29) is 5.41 Å². The molecular weight excluding hydrogens is 258 g/mol. The maximum absolute atomic E-state index is 13.1. The van der Waals surface area contributed by atoms with Gasteiger partial charge in [-0.3, -0.25) is 4.79 Å². The monoisotopic (exact) mass is 285 g/mol. The molecule has 0 bridgehead atoms. The van der Waals surface area contributed by atoms with Crippen molar-refractivity contribution in [3.63, 3.8) is 0 Å². The fourth-order valence-electron chi connectivity index (χ4n) is 4.12. The summed E-state index contributed by atoms with van der Waals surface area (Å²) < 4.78 is 0. The maximum atomic E-state index is 13.1. The second-order valence-corrected chi connectivity index (χ2v) is 6.83. The number of benzene rings is 1. The zero-order valence-corrected chi connectivity index (χ0v) is 13.0. The standard InChI is InChI=1S/C19H27NO/c21-18-19(12-5-2-6-13-19)14-7-8-15-20(18)16-11-17-9-3-1-4-10-17/h1,3-4,9-10H,2,5-8,11-16H2. The lowest BCUT2D eigenvalue weighted by atomic mass is 9.70. The molecular formula is C19H27NO. The van der Waals surface area contributed by atoms with Crippen LogP contribution in [0, 0.1) is 5.41 Å². The van der Waals surface area contributed by atoms with Crippen LogP contribution in [0.5, 0.6) is 0 Å². The summed E-state index contributed by atoms with van der Waals surface area (Å²) in [6, 6.07) is 10.6. The van der Waals surface area contributed by atoms with E-state index in [1.807, 2.05) is 0 Å². The van der Waals surface area contributed by atoms with E-state index in [1.54, 1.807) is 0 Å². The van der Waals surface area contributed by atoms with Gasteiger partial charge in [-0.15, -0.1) is 0 Å². The average molecular weight is 285 g/mol. The number of likely N-dealkylation sites (tertiary alicyclic amines) is 1. The van der Waals surface area contributed by atoms with Crippen LogP contribution in [0.4, 0.5) is 0 Å². The summed E-state index contributed by atoms with van der Waals surface area (Å²) in [5.74, 6) is 0.468. The van der Waals surface area contributed by atoms with Crippen LogP contribution in [0.3, 0.4) is 0 Å². The van der Waals surface area contributed by atoms with Crippen molar-refractivity contribution in [2.24, 2.45) is 5.41 Å². The summed E-state index contributed by atoms with van der Waals surface area (Å²) in [7, 11) is 0. The van der Waals surface area contributed by atoms with Gasteiger partial charge in [-0.05, 0) is 37.7 Å². The molecule has 1 spiro atoms. The predicted molar refractivity (Wildman–Crippen MR) is 86.1 cm³/mol. The number of nitrogens with zero attached hydrogens (tertiary/aromatic N) is 1. The Morgan fingerprint density at radius 2 is 1.57 bits per heavy atom. The van der Waals surface area contributed by atoms with Gasteiger partial charge in [-0.25, -0.2) is 0 Å². The number of amides is 1. The molecule has 2 aliphatic rings. The molecule has 2 heteroatoms. The highest BCUT2D eigenvalue weighted by Gasteiger charge is 2.42. The Labute approximate surface area is 128 Å². The Kier molecular flexibility index (Phi) is 4.62. The number of hydrogen-bond donors (Lipinski definition) is 0. The Morgan fingerprint density at radius 3 is 2.29 bits per heavy atom. The molecule has 2 fully saturated rings. The summed E-state index contributed by atoms with van der Waals surface area (Å²) >= 11 is 0. The van der Waals surface area contributed by atoms with E-state index in [1.165, 1.54) is 37.7 Å². The van der Waals surface area contributed by atoms with E-state index in [0.29, 0.717) is 5.91 Å². The first-order chi connectivity index (χ1) is 10.3. The van der Waals surface area contributed by atoms with Crippen molar-refractivity contribution in [2.45, 2.75) is 57.8 Å². The lowest BCUT2D eigenvalue weighted by Crippen LogP contribution is -2.44. The van der Waals surface area contributed by atoms with Crippen LogP contribution in [0.25, 0.3) is 0 Å². The minimum atomic E-state index is 0.00539. The normalized spacial score (nSPS) is 22.3. The van der Waals surface area contributed by atoms with Gasteiger partial charge in [0.15, 0.2) is 0 Å². The SMILES string of the molecule is O=C1N(CCc2ccccc2)CCCCC12CCCCC2. The van der Waals surface area contributed by atoms with Crippen LogP contribution in [-0.2, 0) is 11.2 Å². The topological polar surface area (TPSA) is 20.3 Å². The van der Waals surface area contributed by atoms with Crippen LogP contribution in [0.15, 0.2) is 30.3 Å². The predicted octanol–water partition coefficient (Wildman–Crippen LogP) is 4.19. The summed E-state index contributed by atoms with van der Waals surface area (Å²) in [6.07, 6.45) is 10.6. The van der Waals surface area contributed by atoms with Crippen LogP contribution in [0.1, 0.15) is 56.9 Å². The summed E-state index contributed by atoms with van der Waals surface area (Å²) in [4.78, 5) is 15.2. The third kappa shape index (κ3) is 3.30. The van der Waals surface area contributed by atoms with Gasteiger partial charge in [0.1, 0.15) is 0 Å². The van der Waals surface area contributed by atoms with Crippen molar-refractivity contribution in [2.75, 3.05) is 13.1 Å². The van der Waals surface area contributed by atoms with Gasteiger partial charge in [-0.1, -0.05) is 56.0 Å². The van der Waals surface area contributed by atoms with E-state index >= 15 is 0 Å². The van der Waals surface area contributed by atoms with Gasteiger partial charge in [0.2, 0.25) is 5.91 Å². The first-order valence-corrected chi connectivity index (χ1v) is 8.64. The third-order valence-corrected chi connectivity index (χ3v) is 5.40. The largest absolute Gasteiger partial charge is 0.342 e. The lowest BCUT2D eigenvalue weighted by molar-refractivity contribution is -0.143. The number of carbonyl (C=O) groups is 1. The molecule has 3 rings (SSSR count). The van der Waals surface area contributed by atoms with Crippen molar-refractivity contribution in [1.82, 2.24) is 4.90 Å². The molecule has 1 aliphatic carbocycles. The lowest BCUT2D eigenvalue weighted by Gasteiger charge is -2.38. The minimum Gasteiger partial charge on any atom is -0.342 e. The van der Waals surface area contributed by atoms with Crippen LogP contribution < -0.4 is 0 Å². The van der Waals surface area contributed by atoms with E-state index < -0.39 is 0 Å². The smallest absolute Gasteiger partial charge is 0.228 e. The molecule has 0 N–H and O–H groups in total. The average Bonchev–Trinajstić information content (AvgIpc) is 2.68. The fraction of sp³-hybridized carbons (Fsp3) is 0.632. The van der Waals surface area contributed by atoms with Gasteiger partial charge in [0.05, 0.1) is 0 Å². The molecule has 114 valence electrons. The maximum Gasteiger partial charge on any atom is 0.228 e. The Bertz CT molecular complexity index is 462. The highest BCUT2D eigenvalue weighted by atomic mass is 16.2. The Morgan fingerprint density at radius 1 is 0.905 bits per heavy atom. The molecule has 0 atom stereocenters. The molecule has 2 nitrogen and oxygen atoms in total. The zero-order chi connectivity index (χ0) is 14.5. The molecule has 1 aromatic rings. The number of carbonyl (C=O) groups excluding carboxylic acids is 1. The molecule has 1 aliphatic heterocycles. The second-order valence-electron chi connectivity index (χ2n) is 6.83. The molecule has 21 heavy (non-hydrogen) atoms. The molecule has 0 aromatic heterocycles. The van der Waals surface area contributed by atoms with Crippen LogP contribution >= 0.6 is 0 Å². The summed E-state index contributed by atoms with van der Waals surface area (Å²) in [5, 5.41) is 0. The summed E-state index contributed by atoms with van der Waals surface area (Å²) in [5.41, 5.74) is 1.35. The van der Waals surface area contributed by atoms with Gasteiger partial charge in [0.25, 0.3) is 0 Å². The first kappa shape index (κ1) is 14.6. The van der Waals surface area contributed by atoms with Gasteiger partial charge in [0, 0.05) is 18.5 Å². The molecule has 1 amide bonds. The van der Waals surface area contributed by atoms with Crippen molar-refractivity contribution < 1.29 is 4.79 Å². The molecule has 0 unspecified atom stereocenters. The van der Waals surface area contributed by atoms with Gasteiger partial charge < -0.3 is 4.90 Å². The highest BCUT2D eigenvalue weighted by Crippen LogP contribution is 2.43. The fourth-order valence-corrected chi connectivity index (χ4v) is 4.12. The minimum absolute atomic E-state index is 0.00539. The van der Waals surface area contributed by atoms with E-state index in [2.05, 4.69) is 35.2 Å². The van der Waals surface area contributed by atoms with Gasteiger partial charge >= 0.3 is 0 Å². The van der Waals surface area contributed by atoms with Crippen molar-refractivity contribution in [3.8, 4) is 0 Å². The van der Waals surface area contributed by atoms with Crippen molar-refractivity contribution in [1.29, 1.82) is 0 Å². The summed E-state index contributed by atoms with van der Waals surface area (Å²) in [6.45, 7) is 1.86. The van der Waals surface area contributed by atoms with Crippen molar-refractivity contribution >= 4 is 5.91 Å². The Balaban J connectivity index is 1.67. The zero-order valence-electron chi connectivity index (χ0n) is 13.0. The van der Waals surface area contributed by atoms with E-state index in [9.17, 15) is 4.79 Å². The molecule has 1 saturated carbocycles.